The maximum absolute atomic E-state index is 4.23. The third kappa shape index (κ3) is 1.95. The van der Waals surface area contributed by atoms with Crippen LogP contribution < -0.4 is 4.90 Å². The molecule has 1 N–H and O–H groups in total. The zero-order valence-electron chi connectivity index (χ0n) is 9.30. The summed E-state index contributed by atoms with van der Waals surface area (Å²) in [6, 6.07) is 0. The molecule has 1 fully saturated rings. The van der Waals surface area contributed by atoms with E-state index in [1.54, 1.807) is 6.20 Å². The molecule has 0 spiro atoms. The molecule has 0 atom stereocenters. The summed E-state index contributed by atoms with van der Waals surface area (Å²) in [4.78, 5) is 10.4. The number of rotatable bonds is 2. The lowest BCUT2D eigenvalue weighted by Crippen LogP contribution is -2.30. The van der Waals surface area contributed by atoms with Crippen LogP contribution in [0.25, 0.3) is 11.4 Å². The van der Waals surface area contributed by atoms with Crippen LogP contribution in [0.1, 0.15) is 19.3 Å². The van der Waals surface area contributed by atoms with Gasteiger partial charge in [-0.05, 0) is 29.7 Å². The van der Waals surface area contributed by atoms with Crippen molar-refractivity contribution in [3.63, 3.8) is 0 Å². The van der Waals surface area contributed by atoms with Crippen molar-refractivity contribution >= 4 is 5.82 Å². The molecule has 7 nitrogen and oxygen atoms in total. The predicted molar refractivity (Wildman–Crippen MR) is 60.1 cm³/mol. The van der Waals surface area contributed by atoms with Crippen LogP contribution >= 0.6 is 0 Å². The summed E-state index contributed by atoms with van der Waals surface area (Å²) in [5, 5.41) is 13.8. The van der Waals surface area contributed by atoms with Gasteiger partial charge in [-0.15, -0.1) is 5.10 Å². The molecule has 1 radical (unpaired) electrons. The van der Waals surface area contributed by atoms with Crippen LogP contribution in [0.2, 0.25) is 0 Å². The Kier molecular flexibility index (Phi) is 2.65. The lowest BCUT2D eigenvalue weighted by molar-refractivity contribution is 0.573. The topological polar surface area (TPSA) is 83.5 Å². The van der Waals surface area contributed by atoms with Crippen LogP contribution in [-0.2, 0) is 0 Å². The molecule has 3 heterocycles. The molecule has 2 aromatic rings. The summed E-state index contributed by atoms with van der Waals surface area (Å²) in [5.41, 5.74) is 0.829. The van der Waals surface area contributed by atoms with E-state index in [1.807, 2.05) is 0 Å². The average molecular weight is 230 g/mol. The Balaban J connectivity index is 1.98. The maximum atomic E-state index is 4.23. The van der Waals surface area contributed by atoms with E-state index < -0.39 is 0 Å². The van der Waals surface area contributed by atoms with Gasteiger partial charge in [-0.3, -0.25) is 0 Å². The Morgan fingerprint density at radius 1 is 1.24 bits per heavy atom. The van der Waals surface area contributed by atoms with E-state index in [0.29, 0.717) is 5.82 Å². The summed E-state index contributed by atoms with van der Waals surface area (Å²) >= 11 is 0. The first-order valence-electron chi connectivity index (χ1n) is 5.67. The number of anilines is 1. The molecule has 0 aromatic carbocycles. The number of piperidine rings is 1. The van der Waals surface area contributed by atoms with Crippen molar-refractivity contribution in [1.82, 2.24) is 30.6 Å². The van der Waals surface area contributed by atoms with Crippen LogP contribution in [0.5, 0.6) is 0 Å². The molecular formula is C10H12N7. The van der Waals surface area contributed by atoms with Gasteiger partial charge < -0.3 is 4.90 Å². The summed E-state index contributed by atoms with van der Waals surface area (Å²) in [6.07, 6.45) is 8.00. The van der Waals surface area contributed by atoms with E-state index in [0.717, 1.165) is 24.5 Å². The minimum Gasteiger partial charge on any atom is -0.356 e. The van der Waals surface area contributed by atoms with Gasteiger partial charge in [0.2, 0.25) is 0 Å². The highest BCUT2D eigenvalue weighted by atomic mass is 15.5. The number of aromatic amines is 1. The molecule has 0 aliphatic carbocycles. The normalized spacial score (nSPS) is 16.1. The molecule has 1 saturated heterocycles. The molecule has 0 bridgehead atoms. The van der Waals surface area contributed by atoms with Crippen LogP contribution in [0.4, 0.5) is 5.82 Å². The Morgan fingerprint density at radius 3 is 2.88 bits per heavy atom. The summed E-state index contributed by atoms with van der Waals surface area (Å²) < 4.78 is 0. The number of nitrogens with zero attached hydrogens (tertiary/aromatic N) is 6. The Morgan fingerprint density at radius 2 is 2.12 bits per heavy atom. The molecular weight excluding hydrogens is 218 g/mol. The highest BCUT2D eigenvalue weighted by molar-refractivity contribution is 5.69. The van der Waals surface area contributed by atoms with Crippen molar-refractivity contribution in [2.75, 3.05) is 18.0 Å². The molecule has 1 aliphatic rings. The van der Waals surface area contributed by atoms with Crippen LogP contribution in [0.3, 0.4) is 0 Å². The summed E-state index contributed by atoms with van der Waals surface area (Å²) in [6.45, 7) is 2.03. The van der Waals surface area contributed by atoms with Gasteiger partial charge in [-0.25, -0.2) is 15.1 Å². The van der Waals surface area contributed by atoms with Gasteiger partial charge in [0.05, 0.1) is 5.56 Å². The zero-order valence-corrected chi connectivity index (χ0v) is 9.30. The first-order valence-corrected chi connectivity index (χ1v) is 5.67. The van der Waals surface area contributed by atoms with Crippen molar-refractivity contribution in [2.24, 2.45) is 0 Å². The SMILES string of the molecule is [c]1ncc(-c2nnn[nH]2)c(N2CCCCC2)n1. The predicted octanol–water partition coefficient (Wildman–Crippen LogP) is 0.447. The molecule has 0 unspecified atom stereocenters. The van der Waals surface area contributed by atoms with Crippen molar-refractivity contribution in [3.05, 3.63) is 12.5 Å². The number of aromatic nitrogens is 6. The van der Waals surface area contributed by atoms with Gasteiger partial charge in [0.15, 0.2) is 12.2 Å². The summed E-state index contributed by atoms with van der Waals surface area (Å²) in [7, 11) is 0. The number of H-pyrrole nitrogens is 1. The van der Waals surface area contributed by atoms with Gasteiger partial charge >= 0.3 is 0 Å². The molecule has 7 heteroatoms. The van der Waals surface area contributed by atoms with E-state index in [2.05, 4.69) is 41.8 Å². The van der Waals surface area contributed by atoms with Crippen molar-refractivity contribution < 1.29 is 0 Å². The van der Waals surface area contributed by atoms with Gasteiger partial charge in [0, 0.05) is 19.3 Å². The molecule has 0 saturated carbocycles. The Labute approximate surface area is 98.3 Å². The minimum absolute atomic E-state index is 0.597. The van der Waals surface area contributed by atoms with Gasteiger partial charge in [-0.2, -0.15) is 0 Å². The molecule has 17 heavy (non-hydrogen) atoms. The largest absolute Gasteiger partial charge is 0.356 e. The van der Waals surface area contributed by atoms with Crippen LogP contribution in [0, 0.1) is 6.33 Å². The van der Waals surface area contributed by atoms with E-state index >= 15 is 0 Å². The zero-order chi connectivity index (χ0) is 11.5. The molecule has 87 valence electrons. The van der Waals surface area contributed by atoms with E-state index in [9.17, 15) is 0 Å². The number of nitrogens with one attached hydrogen (secondary N) is 1. The van der Waals surface area contributed by atoms with Crippen molar-refractivity contribution in [1.29, 1.82) is 0 Å². The smallest absolute Gasteiger partial charge is 0.199 e. The fourth-order valence-electron chi connectivity index (χ4n) is 2.07. The Hall–Kier alpha value is -2.05. The van der Waals surface area contributed by atoms with E-state index in [4.69, 9.17) is 0 Å². The highest BCUT2D eigenvalue weighted by Gasteiger charge is 2.18. The monoisotopic (exact) mass is 230 g/mol. The number of hydrogen-bond acceptors (Lipinski definition) is 6. The minimum atomic E-state index is 0.597. The maximum Gasteiger partial charge on any atom is 0.199 e. The van der Waals surface area contributed by atoms with Gasteiger partial charge in [-0.1, -0.05) is 0 Å². The van der Waals surface area contributed by atoms with Gasteiger partial charge in [0.25, 0.3) is 0 Å². The quantitative estimate of drug-likeness (QED) is 0.806. The lowest BCUT2D eigenvalue weighted by Gasteiger charge is -2.28. The fourth-order valence-corrected chi connectivity index (χ4v) is 2.07. The second kappa shape index (κ2) is 4.44. The van der Waals surface area contributed by atoms with E-state index in [1.165, 1.54) is 19.3 Å². The third-order valence-corrected chi connectivity index (χ3v) is 2.90. The number of hydrogen-bond donors (Lipinski definition) is 1. The second-order valence-electron chi connectivity index (χ2n) is 4.00. The van der Waals surface area contributed by atoms with Gasteiger partial charge in [0.1, 0.15) is 5.82 Å². The van der Waals surface area contributed by atoms with Crippen LogP contribution in [0.15, 0.2) is 6.20 Å². The molecule has 0 amide bonds. The number of tetrazole rings is 1. The van der Waals surface area contributed by atoms with Crippen LogP contribution in [-0.4, -0.2) is 43.7 Å². The third-order valence-electron chi connectivity index (χ3n) is 2.90. The van der Waals surface area contributed by atoms with Crippen molar-refractivity contribution in [3.8, 4) is 11.4 Å². The fraction of sp³-hybridized carbons (Fsp3) is 0.500. The molecule has 1 aliphatic heterocycles. The van der Waals surface area contributed by atoms with E-state index in [-0.39, 0.29) is 0 Å². The lowest BCUT2D eigenvalue weighted by atomic mass is 10.1. The first-order chi connectivity index (χ1) is 8.45. The second-order valence-corrected chi connectivity index (χ2v) is 4.00. The standard InChI is InChI=1S/C10H12N7/c1-2-4-17(5-3-1)10-8(6-11-7-12-10)9-13-15-16-14-9/h6H,1-5H2,(H,13,14,15,16). The molecule has 3 rings (SSSR count). The highest BCUT2D eigenvalue weighted by Crippen LogP contribution is 2.26. The Bertz CT molecular complexity index is 475. The van der Waals surface area contributed by atoms with Crippen molar-refractivity contribution in [2.45, 2.75) is 19.3 Å². The molecule has 2 aromatic heterocycles. The average Bonchev–Trinajstić information content (AvgIpc) is 2.94. The first kappa shape index (κ1) is 10.1. The summed E-state index contributed by atoms with van der Waals surface area (Å²) in [5.74, 6) is 1.46.